The number of hydrogen-bond donors (Lipinski definition) is 1. The number of aryl methyl sites for hydroxylation is 1. The quantitative estimate of drug-likeness (QED) is 0.900. The second-order valence-electron chi connectivity index (χ2n) is 6.75. The van der Waals surface area contributed by atoms with Crippen LogP contribution in [0.1, 0.15) is 42.4 Å². The van der Waals surface area contributed by atoms with Crippen molar-refractivity contribution in [1.82, 2.24) is 5.32 Å². The summed E-state index contributed by atoms with van der Waals surface area (Å²) in [5.74, 6) is 0. The van der Waals surface area contributed by atoms with E-state index in [2.05, 4.69) is 35.6 Å². The molecule has 0 amide bonds. The minimum absolute atomic E-state index is 0.237. The topological polar surface area (TPSA) is 25.2 Å². The minimum Gasteiger partial charge on any atom is -0.472 e. The predicted molar refractivity (Wildman–Crippen MR) is 84.5 cm³/mol. The molecule has 2 aliphatic rings. The van der Waals surface area contributed by atoms with Crippen LogP contribution in [0, 0.1) is 0 Å². The Balaban J connectivity index is 1.68. The van der Waals surface area contributed by atoms with Gasteiger partial charge in [0.2, 0.25) is 0 Å². The third-order valence-electron chi connectivity index (χ3n) is 5.12. The van der Waals surface area contributed by atoms with Gasteiger partial charge in [0.05, 0.1) is 12.5 Å². The van der Waals surface area contributed by atoms with Gasteiger partial charge in [-0.2, -0.15) is 0 Å². The average Bonchev–Trinajstić information content (AvgIpc) is 3.22. The van der Waals surface area contributed by atoms with E-state index in [1.807, 2.05) is 6.26 Å². The Morgan fingerprint density at radius 2 is 2.10 bits per heavy atom. The fourth-order valence-corrected chi connectivity index (χ4v) is 3.85. The largest absolute Gasteiger partial charge is 0.472 e. The third kappa shape index (κ3) is 2.65. The van der Waals surface area contributed by atoms with E-state index in [4.69, 9.17) is 4.42 Å². The third-order valence-corrected chi connectivity index (χ3v) is 5.12. The molecule has 0 radical (unpaired) electrons. The van der Waals surface area contributed by atoms with Gasteiger partial charge in [0, 0.05) is 18.0 Å². The summed E-state index contributed by atoms with van der Waals surface area (Å²) in [5.41, 5.74) is 4.67. The molecule has 1 aromatic heterocycles. The average molecular weight is 281 g/mol. The number of benzene rings is 1. The van der Waals surface area contributed by atoms with Crippen molar-refractivity contribution >= 4 is 0 Å². The maximum absolute atomic E-state index is 5.31. The summed E-state index contributed by atoms with van der Waals surface area (Å²) < 4.78 is 5.31. The van der Waals surface area contributed by atoms with Crippen LogP contribution in [0.5, 0.6) is 0 Å². The molecule has 1 atom stereocenters. The van der Waals surface area contributed by atoms with Gasteiger partial charge >= 0.3 is 0 Å². The van der Waals surface area contributed by atoms with Gasteiger partial charge in [0.25, 0.3) is 0 Å². The molecule has 1 unspecified atom stereocenters. The highest BCUT2D eigenvalue weighted by Crippen LogP contribution is 2.40. The highest BCUT2D eigenvalue weighted by atomic mass is 16.3. The van der Waals surface area contributed by atoms with Crippen LogP contribution in [0.2, 0.25) is 0 Å². The number of rotatable bonds is 5. The summed E-state index contributed by atoms with van der Waals surface area (Å²) in [6.07, 6.45) is 11.3. The van der Waals surface area contributed by atoms with Gasteiger partial charge in [-0.05, 0) is 61.3 Å². The molecule has 1 N–H and O–H groups in total. The second-order valence-corrected chi connectivity index (χ2v) is 6.75. The molecule has 0 aliphatic heterocycles. The second kappa shape index (κ2) is 5.34. The Morgan fingerprint density at radius 3 is 2.90 bits per heavy atom. The molecule has 1 heterocycles. The monoisotopic (exact) mass is 281 g/mol. The van der Waals surface area contributed by atoms with E-state index < -0.39 is 0 Å². The Hall–Kier alpha value is -1.54. The first-order valence-electron chi connectivity index (χ1n) is 8.19. The van der Waals surface area contributed by atoms with Gasteiger partial charge in [-0.25, -0.2) is 0 Å². The zero-order chi connectivity index (χ0) is 14.1. The lowest BCUT2D eigenvalue weighted by Crippen LogP contribution is -2.43. The number of nitrogens with one attached hydrogen (secondary N) is 1. The molecule has 21 heavy (non-hydrogen) atoms. The highest BCUT2D eigenvalue weighted by molar-refractivity contribution is 5.39. The molecule has 2 heteroatoms. The van der Waals surface area contributed by atoms with Gasteiger partial charge in [0.15, 0.2) is 0 Å². The van der Waals surface area contributed by atoms with Crippen LogP contribution in [0.25, 0.3) is 0 Å². The molecule has 2 aromatic rings. The summed E-state index contributed by atoms with van der Waals surface area (Å²) in [7, 11) is 0. The van der Waals surface area contributed by atoms with Crippen LogP contribution in [-0.2, 0) is 18.3 Å². The molecule has 0 bridgehead atoms. The molecule has 110 valence electrons. The van der Waals surface area contributed by atoms with E-state index in [-0.39, 0.29) is 5.41 Å². The van der Waals surface area contributed by atoms with Crippen LogP contribution in [0.15, 0.2) is 47.3 Å². The lowest BCUT2D eigenvalue weighted by atomic mass is 9.67. The van der Waals surface area contributed by atoms with E-state index in [1.165, 1.54) is 37.7 Å². The first-order valence-corrected chi connectivity index (χ1v) is 8.19. The van der Waals surface area contributed by atoms with E-state index in [0.29, 0.717) is 0 Å². The Morgan fingerprint density at radius 1 is 1.19 bits per heavy atom. The molecule has 4 rings (SSSR count). The fraction of sp³-hybridized carbons (Fsp3) is 0.474. The minimum atomic E-state index is 0.237. The standard InChI is InChI=1S/C19H23NO/c1-2-6-18-16(4-1)5-3-10-19(18,14-20-17-7-8-17)12-15-9-11-21-13-15/h1-2,4,6,9,11,13,17,20H,3,5,7-8,10,12,14H2. The lowest BCUT2D eigenvalue weighted by molar-refractivity contribution is 0.333. The molecule has 1 aromatic carbocycles. The summed E-state index contributed by atoms with van der Waals surface area (Å²) in [4.78, 5) is 0. The maximum Gasteiger partial charge on any atom is 0.0934 e. The van der Waals surface area contributed by atoms with Gasteiger partial charge in [0.1, 0.15) is 0 Å². The zero-order valence-corrected chi connectivity index (χ0v) is 12.5. The molecule has 0 saturated heterocycles. The molecule has 0 spiro atoms. The fourth-order valence-electron chi connectivity index (χ4n) is 3.85. The SMILES string of the molecule is c1ccc2c(c1)CCCC2(CNC1CC1)Cc1ccoc1. The van der Waals surface area contributed by atoms with Crippen molar-refractivity contribution in [2.45, 2.75) is 50.0 Å². The smallest absolute Gasteiger partial charge is 0.0934 e. The van der Waals surface area contributed by atoms with Gasteiger partial charge in [-0.1, -0.05) is 24.3 Å². The molecular formula is C19H23NO. The molecule has 1 saturated carbocycles. The summed E-state index contributed by atoms with van der Waals surface area (Å²) in [6.45, 7) is 1.10. The Kier molecular flexibility index (Phi) is 3.34. The number of furan rings is 1. The van der Waals surface area contributed by atoms with Crippen LogP contribution in [-0.4, -0.2) is 12.6 Å². The van der Waals surface area contributed by atoms with E-state index >= 15 is 0 Å². The van der Waals surface area contributed by atoms with E-state index in [1.54, 1.807) is 17.4 Å². The van der Waals surface area contributed by atoms with Crippen molar-refractivity contribution < 1.29 is 4.42 Å². The van der Waals surface area contributed by atoms with Crippen molar-refractivity contribution in [3.63, 3.8) is 0 Å². The van der Waals surface area contributed by atoms with E-state index in [0.717, 1.165) is 19.0 Å². The van der Waals surface area contributed by atoms with Crippen LogP contribution in [0.3, 0.4) is 0 Å². The van der Waals surface area contributed by atoms with Crippen molar-refractivity contribution in [3.8, 4) is 0 Å². The molecule has 1 fully saturated rings. The highest BCUT2D eigenvalue weighted by Gasteiger charge is 2.38. The summed E-state index contributed by atoms with van der Waals surface area (Å²) in [6, 6.07) is 11.9. The number of hydrogen-bond acceptors (Lipinski definition) is 2. The number of fused-ring (bicyclic) bond motifs is 1. The zero-order valence-electron chi connectivity index (χ0n) is 12.5. The van der Waals surface area contributed by atoms with Gasteiger partial charge < -0.3 is 9.73 Å². The van der Waals surface area contributed by atoms with Crippen LogP contribution >= 0.6 is 0 Å². The Labute approximate surface area is 126 Å². The van der Waals surface area contributed by atoms with Crippen molar-refractivity contribution in [2.24, 2.45) is 0 Å². The van der Waals surface area contributed by atoms with Crippen molar-refractivity contribution in [2.75, 3.05) is 6.54 Å². The summed E-state index contributed by atoms with van der Waals surface area (Å²) in [5, 5.41) is 3.79. The first kappa shape index (κ1) is 13.1. The lowest BCUT2D eigenvalue weighted by Gasteiger charge is -2.39. The van der Waals surface area contributed by atoms with Gasteiger partial charge in [-0.3, -0.25) is 0 Å². The maximum atomic E-state index is 5.31. The molecular weight excluding hydrogens is 258 g/mol. The van der Waals surface area contributed by atoms with Gasteiger partial charge in [-0.15, -0.1) is 0 Å². The van der Waals surface area contributed by atoms with Crippen LogP contribution in [0.4, 0.5) is 0 Å². The van der Waals surface area contributed by atoms with Crippen molar-refractivity contribution in [1.29, 1.82) is 0 Å². The molecule has 2 nitrogen and oxygen atoms in total. The first-order chi connectivity index (χ1) is 10.4. The molecule has 2 aliphatic carbocycles. The predicted octanol–water partition coefficient (Wildman–Crippen LogP) is 3.85. The normalized spacial score (nSPS) is 24.8. The van der Waals surface area contributed by atoms with Crippen molar-refractivity contribution in [3.05, 3.63) is 59.5 Å². The van der Waals surface area contributed by atoms with Crippen LogP contribution < -0.4 is 5.32 Å². The summed E-state index contributed by atoms with van der Waals surface area (Å²) >= 11 is 0. The van der Waals surface area contributed by atoms with E-state index in [9.17, 15) is 0 Å². The Bertz CT molecular complexity index is 600.